The van der Waals surface area contributed by atoms with Crippen LogP contribution in [0.1, 0.15) is 13.3 Å². The van der Waals surface area contributed by atoms with Crippen LogP contribution in [-0.4, -0.2) is 31.1 Å². The molecule has 128 valence electrons. The van der Waals surface area contributed by atoms with Crippen molar-refractivity contribution in [3.63, 3.8) is 0 Å². The number of nitrogens with zero attached hydrogens (tertiary/aromatic N) is 1. The Morgan fingerprint density at radius 2 is 1.77 bits per heavy atom. The number of hydrogen-bond donors (Lipinski definition) is 0. The zero-order chi connectivity index (χ0) is 17.5. The molecule has 0 saturated carbocycles. The van der Waals surface area contributed by atoms with Crippen molar-refractivity contribution < 1.29 is 7.58 Å². The number of allylic oxidation sites excluding steroid dienone is 3. The van der Waals surface area contributed by atoms with E-state index in [1.807, 2.05) is 6.07 Å². The Hall–Kier alpha value is -2.25. The molecule has 1 aliphatic carbocycles. The number of hydrogen-bond acceptors (Lipinski definition) is 3. The first kappa shape index (κ1) is 16.0. The van der Waals surface area contributed by atoms with Crippen LogP contribution in [0.2, 0.25) is 0 Å². The molecule has 0 spiro atoms. The van der Waals surface area contributed by atoms with Crippen molar-refractivity contribution >= 4 is 15.0 Å². The largest absolute Gasteiger partial charge is 0.944 e. The molecular weight excluding hydrogens is 337 g/mol. The summed E-state index contributed by atoms with van der Waals surface area (Å²) < 4.78 is 15.1. The van der Waals surface area contributed by atoms with Gasteiger partial charge in [-0.05, 0) is 42.2 Å². The van der Waals surface area contributed by atoms with E-state index in [9.17, 15) is 0 Å². The van der Waals surface area contributed by atoms with E-state index in [0.717, 1.165) is 12.2 Å². The molecule has 3 nitrogen and oxygen atoms in total. The van der Waals surface area contributed by atoms with Crippen molar-refractivity contribution in [2.24, 2.45) is 0 Å². The van der Waals surface area contributed by atoms with Crippen molar-refractivity contribution in [3.05, 3.63) is 90.2 Å². The molecule has 0 aromatic heterocycles. The highest BCUT2D eigenvalue weighted by molar-refractivity contribution is 6.44. The molecule has 2 heterocycles. The molecule has 0 N–H and O–H groups in total. The van der Waals surface area contributed by atoms with Gasteiger partial charge in [-0.15, -0.1) is 0 Å². The SMILES string of the molecule is CC1C=CC2=C3C(CC=C2)[O][Al]([O]c2ccc(-c4ccccc4)cc2)[N]31. The molecule has 1 saturated heterocycles. The first-order chi connectivity index (χ1) is 12.8. The molecule has 1 fully saturated rings. The van der Waals surface area contributed by atoms with Crippen molar-refractivity contribution in [2.75, 3.05) is 0 Å². The number of rotatable bonds is 3. The molecule has 5 rings (SSSR count). The van der Waals surface area contributed by atoms with Crippen molar-refractivity contribution in [1.29, 1.82) is 0 Å². The smallest absolute Gasteiger partial charge is 0.604 e. The molecule has 0 radical (unpaired) electrons. The monoisotopic (exact) mass is 357 g/mol. The van der Waals surface area contributed by atoms with E-state index in [1.54, 1.807) is 0 Å². The van der Waals surface area contributed by atoms with Crippen LogP contribution in [0, 0.1) is 0 Å². The lowest BCUT2D eigenvalue weighted by molar-refractivity contribution is 0.226. The minimum atomic E-state index is -1.98. The van der Waals surface area contributed by atoms with Gasteiger partial charge in [0.25, 0.3) is 0 Å². The maximum Gasteiger partial charge on any atom is 0.944 e. The van der Waals surface area contributed by atoms with E-state index < -0.39 is 15.0 Å². The molecule has 2 atom stereocenters. The summed E-state index contributed by atoms with van der Waals surface area (Å²) in [4.78, 5) is 0. The molecule has 3 aliphatic rings. The van der Waals surface area contributed by atoms with E-state index in [0.29, 0.717) is 6.04 Å². The van der Waals surface area contributed by atoms with Crippen molar-refractivity contribution in [1.82, 2.24) is 3.88 Å². The predicted octanol–water partition coefficient (Wildman–Crippen LogP) is 4.59. The fourth-order valence-corrected chi connectivity index (χ4v) is 6.14. The summed E-state index contributed by atoms with van der Waals surface area (Å²) in [6.45, 7) is 2.21. The molecule has 26 heavy (non-hydrogen) atoms. The standard InChI is InChI=1S/C12H10O.C10H11NO.Al/c13-12-8-6-11(7-9-12)10-4-2-1-3-5-10;1-7-5-6-8-3-2-4-9(12)10(8)11-7;/h1-9,13H;2-3,5-7,9H,4H2,1H3;/q;-2;+3/p-1. The second kappa shape index (κ2) is 6.48. The quantitative estimate of drug-likeness (QED) is 0.750. The maximum absolute atomic E-state index is 6.36. The first-order valence-corrected chi connectivity index (χ1v) is 10.6. The van der Waals surface area contributed by atoms with Gasteiger partial charge in [0.05, 0.1) is 11.9 Å². The van der Waals surface area contributed by atoms with Crippen LogP contribution in [0.25, 0.3) is 11.1 Å². The van der Waals surface area contributed by atoms with Gasteiger partial charge >= 0.3 is 15.0 Å². The topological polar surface area (TPSA) is 21.7 Å². The van der Waals surface area contributed by atoms with Crippen LogP contribution >= 0.6 is 0 Å². The Labute approximate surface area is 159 Å². The highest BCUT2D eigenvalue weighted by atomic mass is 27.2. The Morgan fingerprint density at radius 3 is 2.58 bits per heavy atom. The molecular formula is C22H20AlNO2. The Morgan fingerprint density at radius 1 is 1.00 bits per heavy atom. The fraction of sp³-hybridized carbons (Fsp3) is 0.182. The highest BCUT2D eigenvalue weighted by Crippen LogP contribution is 2.38. The molecule has 0 amide bonds. The summed E-state index contributed by atoms with van der Waals surface area (Å²) in [6.07, 6.45) is 9.96. The van der Waals surface area contributed by atoms with Gasteiger partial charge in [-0.1, -0.05) is 66.8 Å². The lowest BCUT2D eigenvalue weighted by atomic mass is 9.96. The zero-order valence-corrected chi connectivity index (χ0v) is 15.9. The average Bonchev–Trinajstić information content (AvgIpc) is 3.06. The summed E-state index contributed by atoms with van der Waals surface area (Å²) in [5.74, 6) is 0.886. The lowest BCUT2D eigenvalue weighted by Crippen LogP contribution is -2.45. The van der Waals surface area contributed by atoms with Gasteiger partial charge in [0, 0.05) is 11.7 Å². The Balaban J connectivity index is 1.38. The Bertz CT molecular complexity index is 901. The van der Waals surface area contributed by atoms with Crippen LogP contribution in [0.4, 0.5) is 0 Å². The van der Waals surface area contributed by atoms with Gasteiger partial charge < -0.3 is 11.5 Å². The van der Waals surface area contributed by atoms with Gasteiger partial charge in [-0.3, -0.25) is 0 Å². The number of benzene rings is 2. The van der Waals surface area contributed by atoms with Crippen molar-refractivity contribution in [3.8, 4) is 16.9 Å². The molecule has 4 heteroatoms. The summed E-state index contributed by atoms with van der Waals surface area (Å²) in [6, 6.07) is 19.1. The predicted molar refractivity (Wildman–Crippen MR) is 104 cm³/mol. The second-order valence-corrected chi connectivity index (χ2v) is 8.60. The average molecular weight is 357 g/mol. The van der Waals surface area contributed by atoms with Crippen LogP contribution in [0.15, 0.2) is 90.2 Å². The first-order valence-electron chi connectivity index (χ1n) is 9.14. The van der Waals surface area contributed by atoms with Gasteiger partial charge in [-0.2, -0.15) is 0 Å². The van der Waals surface area contributed by atoms with Crippen LogP contribution < -0.4 is 3.79 Å². The van der Waals surface area contributed by atoms with Gasteiger partial charge in [0.2, 0.25) is 0 Å². The van der Waals surface area contributed by atoms with Crippen LogP contribution in [0.3, 0.4) is 0 Å². The highest BCUT2D eigenvalue weighted by Gasteiger charge is 2.54. The summed E-state index contributed by atoms with van der Waals surface area (Å²) in [5, 5.41) is 0. The minimum Gasteiger partial charge on any atom is -0.604 e. The van der Waals surface area contributed by atoms with Gasteiger partial charge in [0.1, 0.15) is 0 Å². The third-order valence-corrected chi connectivity index (χ3v) is 7.46. The third-order valence-electron chi connectivity index (χ3n) is 5.23. The fourth-order valence-electron chi connectivity index (χ4n) is 3.90. The van der Waals surface area contributed by atoms with Crippen LogP contribution in [0.5, 0.6) is 5.75 Å². The Kier molecular flexibility index (Phi) is 3.98. The van der Waals surface area contributed by atoms with E-state index in [2.05, 4.69) is 83.6 Å². The molecule has 2 unspecified atom stereocenters. The maximum atomic E-state index is 6.36. The lowest BCUT2D eigenvalue weighted by Gasteiger charge is -2.33. The summed E-state index contributed by atoms with van der Waals surface area (Å²) in [7, 11) is 0. The molecule has 0 bridgehead atoms. The van der Waals surface area contributed by atoms with E-state index in [-0.39, 0.29) is 6.10 Å². The summed E-state index contributed by atoms with van der Waals surface area (Å²) >= 11 is -1.98. The van der Waals surface area contributed by atoms with Gasteiger partial charge in [-0.25, -0.2) is 0 Å². The minimum absolute atomic E-state index is 0.155. The normalized spacial score (nSPS) is 23.4. The molecule has 2 aromatic carbocycles. The zero-order valence-electron chi connectivity index (χ0n) is 14.7. The van der Waals surface area contributed by atoms with Gasteiger partial charge in [0.15, 0.2) is 0 Å². The second-order valence-electron chi connectivity index (χ2n) is 6.93. The van der Waals surface area contributed by atoms with Crippen molar-refractivity contribution in [2.45, 2.75) is 25.5 Å². The van der Waals surface area contributed by atoms with E-state index >= 15 is 0 Å². The van der Waals surface area contributed by atoms with Crippen LogP contribution in [-0.2, 0) is 3.79 Å². The summed E-state index contributed by atoms with van der Waals surface area (Å²) in [5.41, 5.74) is 5.01. The third kappa shape index (κ3) is 2.71. The molecule has 2 aliphatic heterocycles. The molecule has 2 aromatic rings. The van der Waals surface area contributed by atoms with E-state index in [4.69, 9.17) is 7.58 Å². The van der Waals surface area contributed by atoms with E-state index in [1.165, 1.54) is 22.4 Å².